The molecule has 0 heterocycles. The molecule has 0 amide bonds. The molecule has 4 atom stereocenters. The van der Waals surface area contributed by atoms with E-state index >= 15 is 0 Å². The molecule has 3 nitrogen and oxygen atoms in total. The van der Waals surface area contributed by atoms with Crippen LogP contribution in [0.3, 0.4) is 0 Å². The molecule has 204 valence electrons. The molecular weight excluding hydrogens is 472 g/mol. The van der Waals surface area contributed by atoms with Crippen molar-refractivity contribution in [2.75, 3.05) is 26.4 Å². The molecule has 0 spiro atoms. The molecule has 8 saturated carbocycles. The van der Waals surface area contributed by atoms with E-state index in [9.17, 15) is 22.4 Å². The average Bonchev–Trinajstić information content (AvgIpc) is 2.73. The monoisotopic (exact) mass is 514 g/mol. The molecule has 7 heteroatoms. The fraction of sp³-hybridized carbons (Fsp3) is 0.897. The van der Waals surface area contributed by atoms with Crippen molar-refractivity contribution >= 4 is 5.78 Å². The Morgan fingerprint density at radius 1 is 0.722 bits per heavy atom. The van der Waals surface area contributed by atoms with Crippen LogP contribution in [0.1, 0.15) is 78.1 Å². The minimum Gasteiger partial charge on any atom is -0.375 e. The highest BCUT2D eigenvalue weighted by atomic mass is 19.3. The third kappa shape index (κ3) is 5.72. The van der Waals surface area contributed by atoms with E-state index in [2.05, 4.69) is 6.58 Å². The molecule has 0 N–H and O–H groups in total. The summed E-state index contributed by atoms with van der Waals surface area (Å²) in [6.07, 6.45) is 10.8. The third-order valence-corrected chi connectivity index (χ3v) is 10.0. The van der Waals surface area contributed by atoms with Crippen molar-refractivity contribution in [1.82, 2.24) is 0 Å². The number of rotatable bonds is 8. The minimum absolute atomic E-state index is 0.0235. The largest absolute Gasteiger partial charge is 0.375 e. The first kappa shape index (κ1) is 26.6. The van der Waals surface area contributed by atoms with Crippen LogP contribution in [-0.4, -0.2) is 44.1 Å². The molecule has 8 fully saturated rings. The van der Waals surface area contributed by atoms with E-state index in [1.54, 1.807) is 0 Å². The molecule has 8 bridgehead atoms. The van der Waals surface area contributed by atoms with Gasteiger partial charge in [0.25, 0.3) is 11.8 Å². The van der Waals surface area contributed by atoms with Gasteiger partial charge >= 0.3 is 0 Å². The normalized spacial score (nSPS) is 42.6. The highest BCUT2D eigenvalue weighted by molar-refractivity contribution is 5.85. The van der Waals surface area contributed by atoms with Gasteiger partial charge in [-0.25, -0.2) is 17.6 Å². The predicted molar refractivity (Wildman–Crippen MR) is 129 cm³/mol. The van der Waals surface area contributed by atoms with Gasteiger partial charge in [-0.15, -0.1) is 0 Å². The van der Waals surface area contributed by atoms with Crippen molar-refractivity contribution < 1.29 is 31.8 Å². The summed E-state index contributed by atoms with van der Waals surface area (Å²) in [5.41, 5.74) is 1.64. The van der Waals surface area contributed by atoms with Crippen LogP contribution in [0.5, 0.6) is 0 Å². The summed E-state index contributed by atoms with van der Waals surface area (Å²) < 4.78 is 61.7. The Bertz CT molecular complexity index is 754. The van der Waals surface area contributed by atoms with Crippen molar-refractivity contribution in [3.63, 3.8) is 0 Å². The number of alkyl halides is 4. The maximum absolute atomic E-state index is 12.8. The highest BCUT2D eigenvalue weighted by Gasteiger charge is 2.55. The van der Waals surface area contributed by atoms with Crippen LogP contribution < -0.4 is 0 Å². The maximum atomic E-state index is 12.8. The fourth-order valence-corrected chi connectivity index (χ4v) is 9.20. The van der Waals surface area contributed by atoms with Gasteiger partial charge in [-0.05, 0) is 98.7 Å². The molecule has 4 unspecified atom stereocenters. The summed E-state index contributed by atoms with van der Waals surface area (Å²) in [5.74, 6) is -1.93. The Hall–Kier alpha value is -0.950. The Morgan fingerprint density at radius 3 is 1.47 bits per heavy atom. The highest BCUT2D eigenvalue weighted by Crippen LogP contribution is 2.62. The topological polar surface area (TPSA) is 35.5 Å². The standard InChI is InChI=1S/C15H22F2O.C14H20F2O2/c1-10-12-3-11-4-13(10)7-15(5-11,6-12)9-18-8-14(2,16)17;1-13(15,16)7-18-8-14-4-9-2-10(5-14)12(17)11(3-9)6-14/h11-13H,1,3-9H2,2H3;9-11H,2-8H2,1H3. The number of halogens is 4. The van der Waals surface area contributed by atoms with Crippen LogP contribution in [0, 0.1) is 46.3 Å². The van der Waals surface area contributed by atoms with Gasteiger partial charge in [0.1, 0.15) is 19.0 Å². The molecule has 8 aliphatic carbocycles. The molecule has 0 aromatic heterocycles. The first-order valence-electron chi connectivity index (χ1n) is 13.9. The molecule has 36 heavy (non-hydrogen) atoms. The quantitative estimate of drug-likeness (QED) is 0.256. The third-order valence-electron chi connectivity index (χ3n) is 10.0. The van der Waals surface area contributed by atoms with Gasteiger partial charge in [-0.2, -0.15) is 0 Å². The predicted octanol–water partition coefficient (Wildman–Crippen LogP) is 7.09. The number of ether oxygens (including phenoxy) is 2. The molecule has 0 radical (unpaired) electrons. The van der Waals surface area contributed by atoms with E-state index < -0.39 is 25.1 Å². The average molecular weight is 515 g/mol. The van der Waals surface area contributed by atoms with Crippen LogP contribution in [0.2, 0.25) is 0 Å². The lowest BCUT2D eigenvalue weighted by molar-refractivity contribution is -0.157. The first-order chi connectivity index (χ1) is 16.7. The van der Waals surface area contributed by atoms with Crippen molar-refractivity contribution in [1.29, 1.82) is 0 Å². The maximum Gasteiger partial charge on any atom is 0.268 e. The molecule has 0 aromatic carbocycles. The Labute approximate surface area is 212 Å². The van der Waals surface area contributed by atoms with E-state index in [-0.39, 0.29) is 22.7 Å². The van der Waals surface area contributed by atoms with Gasteiger partial charge in [0.2, 0.25) is 0 Å². The summed E-state index contributed by atoms with van der Waals surface area (Å²) in [5, 5.41) is 0. The second kappa shape index (κ2) is 9.36. The summed E-state index contributed by atoms with van der Waals surface area (Å²) in [6.45, 7) is 6.05. The van der Waals surface area contributed by atoms with Crippen molar-refractivity contribution in [2.45, 2.75) is 89.9 Å². The number of carbonyl (C=O) groups is 1. The van der Waals surface area contributed by atoms with Gasteiger partial charge in [0.05, 0.1) is 13.2 Å². The Balaban J connectivity index is 0.000000148. The molecular formula is C29H42F4O3. The molecule has 8 rings (SSSR count). The molecule has 0 aliphatic heterocycles. The number of allylic oxidation sites excluding steroid dienone is 1. The van der Waals surface area contributed by atoms with Gasteiger partial charge in [0, 0.05) is 25.7 Å². The van der Waals surface area contributed by atoms with Crippen LogP contribution in [0.25, 0.3) is 0 Å². The molecule has 0 saturated heterocycles. The first-order valence-corrected chi connectivity index (χ1v) is 13.9. The Kier molecular flexibility index (Phi) is 6.93. The number of ketones is 1. The second-order valence-electron chi connectivity index (χ2n) is 13.8. The zero-order valence-electron chi connectivity index (χ0n) is 21.8. The van der Waals surface area contributed by atoms with E-state index in [1.807, 2.05) is 0 Å². The van der Waals surface area contributed by atoms with Crippen LogP contribution >= 0.6 is 0 Å². The number of hydrogen-bond donors (Lipinski definition) is 0. The van der Waals surface area contributed by atoms with Crippen LogP contribution in [0.15, 0.2) is 12.2 Å². The SMILES string of the molecule is C=C1C2CC3CC1CC(COCC(C)(F)F)(C3)C2.CC(F)(F)COCC12CC3CC(C1)C(=O)C(C3)C2. The summed E-state index contributed by atoms with van der Waals surface area (Å²) >= 11 is 0. The van der Waals surface area contributed by atoms with Crippen molar-refractivity contribution in [2.24, 2.45) is 46.3 Å². The van der Waals surface area contributed by atoms with Gasteiger partial charge < -0.3 is 9.47 Å². The van der Waals surface area contributed by atoms with Crippen molar-refractivity contribution in [3.05, 3.63) is 12.2 Å². The lowest BCUT2D eigenvalue weighted by Gasteiger charge is -2.57. The second-order valence-corrected chi connectivity index (χ2v) is 13.8. The number of hydrogen-bond acceptors (Lipinski definition) is 3. The smallest absolute Gasteiger partial charge is 0.268 e. The lowest BCUT2D eigenvalue weighted by atomic mass is 9.48. The van der Waals surface area contributed by atoms with Gasteiger partial charge in [0.15, 0.2) is 0 Å². The van der Waals surface area contributed by atoms with Crippen molar-refractivity contribution in [3.8, 4) is 0 Å². The number of Topliss-reactive ketones (excluding diaryl/α,β-unsaturated/α-hetero) is 1. The van der Waals surface area contributed by atoms with Crippen LogP contribution in [0.4, 0.5) is 17.6 Å². The summed E-state index contributed by atoms with van der Waals surface area (Å²) in [6, 6.07) is 0. The van der Waals surface area contributed by atoms with E-state index in [4.69, 9.17) is 9.47 Å². The summed E-state index contributed by atoms with van der Waals surface area (Å²) in [7, 11) is 0. The van der Waals surface area contributed by atoms with E-state index in [1.165, 1.54) is 24.8 Å². The lowest BCUT2D eigenvalue weighted by Crippen LogP contribution is -2.53. The minimum atomic E-state index is -2.75. The van der Waals surface area contributed by atoms with Crippen LogP contribution in [-0.2, 0) is 14.3 Å². The van der Waals surface area contributed by atoms with Gasteiger partial charge in [-0.1, -0.05) is 12.2 Å². The molecule has 8 aliphatic rings. The van der Waals surface area contributed by atoms with E-state index in [0.29, 0.717) is 36.8 Å². The number of carbonyl (C=O) groups excluding carboxylic acids is 1. The van der Waals surface area contributed by atoms with Gasteiger partial charge in [-0.3, -0.25) is 4.79 Å². The van der Waals surface area contributed by atoms with E-state index in [0.717, 1.165) is 64.7 Å². The summed E-state index contributed by atoms with van der Waals surface area (Å²) in [4.78, 5) is 12.0. The zero-order valence-corrected chi connectivity index (χ0v) is 21.8. The Morgan fingerprint density at radius 2 is 1.08 bits per heavy atom. The zero-order chi connectivity index (χ0) is 25.9. The molecule has 0 aromatic rings. The fourth-order valence-electron chi connectivity index (χ4n) is 9.20.